The van der Waals surface area contributed by atoms with E-state index in [4.69, 9.17) is 13.9 Å². The molecule has 0 amide bonds. The number of aryl methyl sites for hydroxylation is 1. The molecule has 1 N–H and O–H groups in total. The summed E-state index contributed by atoms with van der Waals surface area (Å²) in [5.74, 6) is 0.360. The molecule has 2 aromatic heterocycles. The third-order valence-corrected chi connectivity index (χ3v) is 2.22. The van der Waals surface area contributed by atoms with Crippen LogP contribution in [-0.2, 0) is 11.2 Å². The third kappa shape index (κ3) is 1.79. The summed E-state index contributed by atoms with van der Waals surface area (Å²) in [5.41, 5.74) is 1.37. The van der Waals surface area contributed by atoms with Gasteiger partial charge in [0, 0.05) is 5.56 Å². The fourth-order valence-corrected chi connectivity index (χ4v) is 1.49. The number of carboxylic acids is 1. The van der Waals surface area contributed by atoms with Gasteiger partial charge >= 0.3 is 5.97 Å². The molecule has 0 aliphatic carbocycles. The lowest BCUT2D eigenvalue weighted by Crippen LogP contribution is -2.01. The summed E-state index contributed by atoms with van der Waals surface area (Å²) in [4.78, 5) is 10.7. The van der Waals surface area contributed by atoms with Crippen molar-refractivity contribution in [3.63, 3.8) is 0 Å². The van der Waals surface area contributed by atoms with Gasteiger partial charge in [-0.15, -0.1) is 0 Å². The molecule has 0 atom stereocenters. The quantitative estimate of drug-likeness (QED) is 0.837. The molecule has 0 unspecified atom stereocenters. The second-order valence-electron chi connectivity index (χ2n) is 3.23. The Morgan fingerprint density at radius 3 is 2.87 bits per heavy atom. The highest BCUT2D eigenvalue weighted by Crippen LogP contribution is 2.28. The Bertz CT molecular complexity index is 465. The van der Waals surface area contributed by atoms with Crippen LogP contribution in [0.3, 0.4) is 0 Å². The van der Waals surface area contributed by atoms with E-state index in [-0.39, 0.29) is 6.42 Å². The van der Waals surface area contributed by atoms with Crippen molar-refractivity contribution in [2.75, 3.05) is 0 Å². The maximum atomic E-state index is 10.7. The monoisotopic (exact) mass is 206 g/mol. The molecule has 4 heteroatoms. The van der Waals surface area contributed by atoms with Gasteiger partial charge in [0.2, 0.25) is 0 Å². The Hall–Kier alpha value is -1.97. The molecule has 0 aromatic carbocycles. The molecule has 0 aliphatic heterocycles. The molecule has 2 aromatic rings. The molecule has 2 heterocycles. The number of furan rings is 2. The predicted molar refractivity (Wildman–Crippen MR) is 52.5 cm³/mol. The summed E-state index contributed by atoms with van der Waals surface area (Å²) < 4.78 is 10.4. The zero-order valence-electron chi connectivity index (χ0n) is 8.19. The summed E-state index contributed by atoms with van der Waals surface area (Å²) >= 11 is 0. The molecule has 0 saturated carbocycles. The van der Waals surface area contributed by atoms with Crippen molar-refractivity contribution in [3.05, 3.63) is 36.0 Å². The minimum Gasteiger partial charge on any atom is -0.481 e. The molecule has 0 fully saturated rings. The topological polar surface area (TPSA) is 63.6 Å². The zero-order chi connectivity index (χ0) is 10.8. The third-order valence-electron chi connectivity index (χ3n) is 2.22. The number of aliphatic carboxylic acids is 1. The zero-order valence-corrected chi connectivity index (χ0v) is 8.19. The summed E-state index contributed by atoms with van der Waals surface area (Å²) in [6.45, 7) is 1.74. The van der Waals surface area contributed by atoms with Crippen molar-refractivity contribution in [2.45, 2.75) is 13.3 Å². The highest BCUT2D eigenvalue weighted by molar-refractivity contribution is 5.75. The average Bonchev–Trinajstić information content (AvgIpc) is 2.76. The van der Waals surface area contributed by atoms with Crippen molar-refractivity contribution in [1.82, 2.24) is 0 Å². The normalized spacial score (nSPS) is 10.5. The molecule has 0 radical (unpaired) electrons. The van der Waals surface area contributed by atoms with Gasteiger partial charge in [-0.3, -0.25) is 4.79 Å². The van der Waals surface area contributed by atoms with Gasteiger partial charge in [-0.05, 0) is 19.1 Å². The van der Waals surface area contributed by atoms with Crippen LogP contribution in [0.2, 0.25) is 0 Å². The molecule has 15 heavy (non-hydrogen) atoms. The van der Waals surface area contributed by atoms with Crippen LogP contribution in [-0.4, -0.2) is 11.1 Å². The Kier molecular flexibility index (Phi) is 2.33. The lowest BCUT2D eigenvalue weighted by Gasteiger charge is -1.97. The summed E-state index contributed by atoms with van der Waals surface area (Å²) in [5, 5.41) is 8.76. The Labute approximate surface area is 86.1 Å². The van der Waals surface area contributed by atoms with E-state index in [1.807, 2.05) is 0 Å². The number of carboxylic acid groups (broad SMARTS) is 1. The van der Waals surface area contributed by atoms with Gasteiger partial charge in [-0.25, -0.2) is 0 Å². The molecule has 4 nitrogen and oxygen atoms in total. The molecular weight excluding hydrogens is 196 g/mol. The molecule has 0 aliphatic rings. The van der Waals surface area contributed by atoms with Gasteiger partial charge < -0.3 is 13.9 Å². The number of hydrogen-bond acceptors (Lipinski definition) is 3. The second kappa shape index (κ2) is 3.65. The maximum absolute atomic E-state index is 10.7. The molecular formula is C11H10O4. The van der Waals surface area contributed by atoms with E-state index in [0.717, 1.165) is 0 Å². The molecule has 0 spiro atoms. The van der Waals surface area contributed by atoms with Gasteiger partial charge in [-0.1, -0.05) is 0 Å². The summed E-state index contributed by atoms with van der Waals surface area (Å²) in [6.07, 6.45) is 3.01. The van der Waals surface area contributed by atoms with E-state index < -0.39 is 5.97 Å². The highest BCUT2D eigenvalue weighted by atomic mass is 16.4. The first-order valence-electron chi connectivity index (χ1n) is 4.51. The van der Waals surface area contributed by atoms with Crippen LogP contribution in [0, 0.1) is 6.92 Å². The number of hydrogen-bond donors (Lipinski definition) is 1. The fraction of sp³-hybridized carbons (Fsp3) is 0.182. The molecule has 0 saturated heterocycles. The van der Waals surface area contributed by atoms with E-state index in [9.17, 15) is 4.79 Å². The van der Waals surface area contributed by atoms with Crippen LogP contribution in [0.4, 0.5) is 0 Å². The van der Waals surface area contributed by atoms with Gasteiger partial charge in [0.05, 0.1) is 18.2 Å². The Morgan fingerprint density at radius 1 is 1.47 bits per heavy atom. The van der Waals surface area contributed by atoms with Crippen molar-refractivity contribution < 1.29 is 18.7 Å². The fourth-order valence-electron chi connectivity index (χ4n) is 1.49. The van der Waals surface area contributed by atoms with Crippen LogP contribution >= 0.6 is 0 Å². The predicted octanol–water partition coefficient (Wildman–Crippen LogP) is 2.48. The Morgan fingerprint density at radius 2 is 2.27 bits per heavy atom. The van der Waals surface area contributed by atoms with Crippen LogP contribution in [0.5, 0.6) is 0 Å². The van der Waals surface area contributed by atoms with Crippen molar-refractivity contribution >= 4 is 5.97 Å². The Balaban J connectivity index is 2.44. The summed E-state index contributed by atoms with van der Waals surface area (Å²) in [7, 11) is 0. The lowest BCUT2D eigenvalue weighted by atomic mass is 10.1. The number of rotatable bonds is 3. The van der Waals surface area contributed by atoms with Crippen LogP contribution < -0.4 is 0 Å². The molecule has 0 bridgehead atoms. The van der Waals surface area contributed by atoms with E-state index in [1.54, 1.807) is 25.3 Å². The minimum atomic E-state index is -0.882. The van der Waals surface area contributed by atoms with Gasteiger partial charge in [0.1, 0.15) is 17.8 Å². The van der Waals surface area contributed by atoms with Gasteiger partial charge in [-0.2, -0.15) is 0 Å². The van der Waals surface area contributed by atoms with Crippen LogP contribution in [0.15, 0.2) is 33.5 Å². The first-order valence-corrected chi connectivity index (χ1v) is 4.51. The van der Waals surface area contributed by atoms with Crippen molar-refractivity contribution in [2.24, 2.45) is 0 Å². The molecule has 2 rings (SSSR count). The lowest BCUT2D eigenvalue weighted by molar-refractivity contribution is -0.136. The smallest absolute Gasteiger partial charge is 0.307 e. The largest absolute Gasteiger partial charge is 0.481 e. The molecule has 78 valence electrons. The van der Waals surface area contributed by atoms with Gasteiger partial charge in [0.15, 0.2) is 0 Å². The van der Waals surface area contributed by atoms with Crippen LogP contribution in [0.25, 0.3) is 11.3 Å². The van der Waals surface area contributed by atoms with E-state index in [0.29, 0.717) is 22.6 Å². The average molecular weight is 206 g/mol. The van der Waals surface area contributed by atoms with Gasteiger partial charge in [0.25, 0.3) is 0 Å². The first-order chi connectivity index (χ1) is 7.18. The highest BCUT2D eigenvalue weighted by Gasteiger charge is 2.16. The second-order valence-corrected chi connectivity index (χ2v) is 3.23. The number of carbonyl (C=O) groups is 1. The van der Waals surface area contributed by atoms with E-state index in [2.05, 4.69) is 0 Å². The summed E-state index contributed by atoms with van der Waals surface area (Å²) in [6, 6.07) is 3.53. The van der Waals surface area contributed by atoms with E-state index in [1.165, 1.54) is 6.26 Å². The standard InChI is InChI=1S/C11H10O4/c1-7-8(5-11(12)13)9(6-15-7)10-3-2-4-14-10/h2-4,6H,5H2,1H3,(H,12,13). The van der Waals surface area contributed by atoms with Crippen molar-refractivity contribution in [1.29, 1.82) is 0 Å². The maximum Gasteiger partial charge on any atom is 0.307 e. The van der Waals surface area contributed by atoms with Crippen molar-refractivity contribution in [3.8, 4) is 11.3 Å². The van der Waals surface area contributed by atoms with E-state index >= 15 is 0 Å². The SMILES string of the molecule is Cc1occ(-c2ccco2)c1CC(=O)O. The van der Waals surface area contributed by atoms with Crippen LogP contribution in [0.1, 0.15) is 11.3 Å². The first kappa shape index (κ1) is 9.58. The minimum absolute atomic E-state index is 0.0572.